The molecule has 1 heterocycles. The van der Waals surface area contributed by atoms with Gasteiger partial charge in [-0.15, -0.1) is 0 Å². The number of aliphatic imine (C=N–C) groups is 1. The maximum Gasteiger partial charge on any atom is 0.242 e. The monoisotopic (exact) mass is 243 g/mol. The van der Waals surface area contributed by atoms with Gasteiger partial charge in [0.05, 0.1) is 6.04 Å². The van der Waals surface area contributed by atoms with Gasteiger partial charge in [0.1, 0.15) is 6.04 Å². The summed E-state index contributed by atoms with van der Waals surface area (Å²) in [5.74, 6) is 1.01. The highest BCUT2D eigenvalue weighted by Crippen LogP contribution is 2.16. The third-order valence-corrected chi connectivity index (χ3v) is 3.18. The minimum Gasteiger partial charge on any atom is -0.353 e. The van der Waals surface area contributed by atoms with Crippen LogP contribution in [0, 0.1) is 0 Å². The van der Waals surface area contributed by atoms with Crippen molar-refractivity contribution in [1.29, 1.82) is 0 Å². The first-order valence-corrected chi connectivity index (χ1v) is 6.55. The fraction of sp³-hybridized carbons (Fsp3) is 0.818. The van der Waals surface area contributed by atoms with Gasteiger partial charge in [0.15, 0.2) is 5.17 Å². The van der Waals surface area contributed by atoms with E-state index in [1.165, 1.54) is 0 Å². The summed E-state index contributed by atoms with van der Waals surface area (Å²) in [6.45, 7) is 9.85. The molecule has 1 aliphatic rings. The molecule has 0 spiro atoms. The number of hydrogen-bond acceptors (Lipinski definition) is 4. The van der Waals surface area contributed by atoms with Crippen LogP contribution in [0.4, 0.5) is 0 Å². The van der Waals surface area contributed by atoms with Crippen molar-refractivity contribution < 1.29 is 4.79 Å². The average molecular weight is 243 g/mol. The van der Waals surface area contributed by atoms with Gasteiger partial charge in [-0.25, -0.2) is 0 Å². The van der Waals surface area contributed by atoms with Crippen LogP contribution in [0.1, 0.15) is 34.6 Å². The molecule has 1 amide bonds. The van der Waals surface area contributed by atoms with Crippen LogP contribution in [0.15, 0.2) is 4.99 Å². The molecule has 0 saturated heterocycles. The molecule has 92 valence electrons. The van der Waals surface area contributed by atoms with Crippen LogP contribution in [-0.4, -0.2) is 34.5 Å². The number of rotatable bonds is 2. The summed E-state index contributed by atoms with van der Waals surface area (Å²) >= 11 is 1.67. The Hall–Kier alpha value is -0.710. The third kappa shape index (κ3) is 4.43. The largest absolute Gasteiger partial charge is 0.353 e. The molecule has 2 unspecified atom stereocenters. The van der Waals surface area contributed by atoms with Crippen molar-refractivity contribution >= 4 is 22.8 Å². The molecular weight excluding hydrogens is 222 g/mol. The van der Waals surface area contributed by atoms with Gasteiger partial charge in [0.25, 0.3) is 0 Å². The molecule has 16 heavy (non-hydrogen) atoms. The summed E-state index contributed by atoms with van der Waals surface area (Å²) in [4.78, 5) is 16.2. The lowest BCUT2D eigenvalue weighted by Crippen LogP contribution is -2.50. The summed E-state index contributed by atoms with van der Waals surface area (Å²) < 4.78 is 0. The molecule has 0 radical (unpaired) electrons. The van der Waals surface area contributed by atoms with Gasteiger partial charge >= 0.3 is 0 Å². The number of carbonyl (C=O) groups is 1. The number of amides is 1. The van der Waals surface area contributed by atoms with E-state index in [-0.39, 0.29) is 17.5 Å². The van der Waals surface area contributed by atoms with E-state index in [2.05, 4.69) is 22.5 Å². The molecule has 0 aromatic rings. The third-order valence-electron chi connectivity index (χ3n) is 2.03. The molecule has 2 atom stereocenters. The van der Waals surface area contributed by atoms with E-state index < -0.39 is 0 Å². The molecular formula is C11H21N3OS. The second kappa shape index (κ2) is 5.08. The van der Waals surface area contributed by atoms with Crippen LogP contribution in [0.3, 0.4) is 0 Å². The van der Waals surface area contributed by atoms with E-state index >= 15 is 0 Å². The molecule has 2 N–H and O–H groups in total. The molecule has 1 rings (SSSR count). The lowest BCUT2D eigenvalue weighted by molar-refractivity contribution is -0.123. The molecule has 5 heteroatoms. The van der Waals surface area contributed by atoms with Crippen molar-refractivity contribution in [2.45, 2.75) is 52.2 Å². The van der Waals surface area contributed by atoms with Crippen molar-refractivity contribution in [3.8, 4) is 0 Å². The van der Waals surface area contributed by atoms with E-state index in [9.17, 15) is 4.79 Å². The van der Waals surface area contributed by atoms with Crippen LogP contribution in [0.5, 0.6) is 0 Å². The Balaban J connectivity index is 2.43. The summed E-state index contributed by atoms with van der Waals surface area (Å²) in [7, 11) is 0. The van der Waals surface area contributed by atoms with E-state index in [0.29, 0.717) is 6.04 Å². The van der Waals surface area contributed by atoms with Gasteiger partial charge in [0.2, 0.25) is 5.91 Å². The number of carbonyl (C=O) groups excluding carboxylic acids is 1. The molecule has 0 aromatic carbocycles. The Morgan fingerprint density at radius 3 is 2.62 bits per heavy atom. The van der Waals surface area contributed by atoms with Crippen LogP contribution in [-0.2, 0) is 4.79 Å². The van der Waals surface area contributed by atoms with Crippen molar-refractivity contribution in [2.24, 2.45) is 4.99 Å². The summed E-state index contributed by atoms with van der Waals surface area (Å²) in [5.41, 5.74) is -0.190. The van der Waals surface area contributed by atoms with Crippen molar-refractivity contribution in [3.63, 3.8) is 0 Å². The van der Waals surface area contributed by atoms with Gasteiger partial charge in [-0.1, -0.05) is 11.8 Å². The SMILES string of the molecule is CC1CSC(NC(C)C(=O)NC(C)(C)C)=N1. The Morgan fingerprint density at radius 2 is 2.19 bits per heavy atom. The maximum absolute atomic E-state index is 11.8. The van der Waals surface area contributed by atoms with Crippen LogP contribution < -0.4 is 10.6 Å². The summed E-state index contributed by atoms with van der Waals surface area (Å²) in [5, 5.41) is 6.95. The second-order valence-electron chi connectivity index (χ2n) is 5.20. The zero-order chi connectivity index (χ0) is 12.3. The van der Waals surface area contributed by atoms with Gasteiger partial charge in [-0.2, -0.15) is 0 Å². The first-order chi connectivity index (χ1) is 7.28. The quantitative estimate of drug-likeness (QED) is 0.770. The number of nitrogens with one attached hydrogen (secondary N) is 2. The van der Waals surface area contributed by atoms with E-state index in [1.54, 1.807) is 11.8 Å². The van der Waals surface area contributed by atoms with E-state index in [1.807, 2.05) is 27.7 Å². The van der Waals surface area contributed by atoms with Gasteiger partial charge in [-0.3, -0.25) is 9.79 Å². The van der Waals surface area contributed by atoms with Crippen molar-refractivity contribution in [3.05, 3.63) is 0 Å². The molecule has 0 saturated carbocycles. The molecule has 0 aliphatic carbocycles. The zero-order valence-corrected chi connectivity index (χ0v) is 11.4. The number of nitrogens with zero attached hydrogens (tertiary/aromatic N) is 1. The van der Waals surface area contributed by atoms with E-state index in [4.69, 9.17) is 0 Å². The lowest BCUT2D eigenvalue weighted by atomic mass is 10.1. The van der Waals surface area contributed by atoms with Gasteiger partial charge in [-0.05, 0) is 34.6 Å². The standard InChI is InChI=1S/C11H21N3OS/c1-7-6-16-10(12-7)13-8(2)9(15)14-11(3,4)5/h7-8H,6H2,1-5H3,(H,12,13)(H,14,15). The summed E-state index contributed by atoms with van der Waals surface area (Å²) in [6, 6.07) is 0.112. The molecule has 1 aliphatic heterocycles. The summed E-state index contributed by atoms with van der Waals surface area (Å²) in [6.07, 6.45) is 0. The average Bonchev–Trinajstić information content (AvgIpc) is 2.48. The first-order valence-electron chi connectivity index (χ1n) is 5.57. The Labute approximate surface area is 102 Å². The highest BCUT2D eigenvalue weighted by Gasteiger charge is 2.22. The normalized spacial score (nSPS) is 22.6. The second-order valence-corrected chi connectivity index (χ2v) is 6.21. The van der Waals surface area contributed by atoms with Crippen molar-refractivity contribution in [1.82, 2.24) is 10.6 Å². The zero-order valence-electron chi connectivity index (χ0n) is 10.6. The van der Waals surface area contributed by atoms with E-state index in [0.717, 1.165) is 10.9 Å². The molecule has 0 bridgehead atoms. The minimum atomic E-state index is -0.240. The van der Waals surface area contributed by atoms with Crippen LogP contribution in [0.2, 0.25) is 0 Å². The van der Waals surface area contributed by atoms with Crippen LogP contribution in [0.25, 0.3) is 0 Å². The minimum absolute atomic E-state index is 0.00959. The highest BCUT2D eigenvalue weighted by atomic mass is 32.2. The molecule has 4 nitrogen and oxygen atoms in total. The first kappa shape index (κ1) is 13.4. The Bertz CT molecular complexity index is 296. The fourth-order valence-electron chi connectivity index (χ4n) is 1.28. The number of thioether (sulfide) groups is 1. The van der Waals surface area contributed by atoms with Crippen molar-refractivity contribution in [2.75, 3.05) is 5.75 Å². The topological polar surface area (TPSA) is 53.5 Å². The maximum atomic E-state index is 11.8. The molecule has 0 aromatic heterocycles. The molecule has 0 fully saturated rings. The van der Waals surface area contributed by atoms with Gasteiger partial charge in [0, 0.05) is 11.3 Å². The smallest absolute Gasteiger partial charge is 0.242 e. The number of amidine groups is 1. The van der Waals surface area contributed by atoms with Gasteiger partial charge < -0.3 is 10.6 Å². The lowest BCUT2D eigenvalue weighted by Gasteiger charge is -2.23. The predicted molar refractivity (Wildman–Crippen MR) is 69.8 cm³/mol. The van der Waals surface area contributed by atoms with Crippen LogP contribution >= 0.6 is 11.8 Å². The fourth-order valence-corrected chi connectivity index (χ4v) is 2.27. The Kier molecular flexibility index (Phi) is 4.24. The highest BCUT2D eigenvalue weighted by molar-refractivity contribution is 8.14. The Morgan fingerprint density at radius 1 is 1.56 bits per heavy atom. The number of hydrogen-bond donors (Lipinski definition) is 2. The predicted octanol–water partition coefficient (Wildman–Crippen LogP) is 1.37.